The van der Waals surface area contributed by atoms with Gasteiger partial charge in [-0.25, -0.2) is 0 Å². The molecule has 0 aliphatic heterocycles. The molecule has 1 aromatic rings. The van der Waals surface area contributed by atoms with Crippen molar-refractivity contribution >= 4 is 0 Å². The Hall–Kier alpha value is -1.24. The van der Waals surface area contributed by atoms with Crippen molar-refractivity contribution in [2.75, 3.05) is 13.6 Å². The van der Waals surface area contributed by atoms with Crippen molar-refractivity contribution < 1.29 is 4.42 Å². The van der Waals surface area contributed by atoms with Crippen LogP contribution in [0.3, 0.4) is 0 Å². The van der Waals surface area contributed by atoms with Crippen LogP contribution in [0.5, 0.6) is 0 Å². The van der Waals surface area contributed by atoms with Crippen molar-refractivity contribution in [3.05, 3.63) is 23.2 Å². The summed E-state index contributed by atoms with van der Waals surface area (Å²) >= 11 is 0. The molecular formula is C14H22N2O. The molecule has 3 nitrogen and oxygen atoms in total. The third kappa shape index (κ3) is 4.64. The Morgan fingerprint density at radius 1 is 1.53 bits per heavy atom. The molecule has 0 saturated carbocycles. The predicted octanol–water partition coefficient (Wildman–Crippen LogP) is 2.15. The van der Waals surface area contributed by atoms with E-state index >= 15 is 0 Å². The summed E-state index contributed by atoms with van der Waals surface area (Å²) in [6, 6.07) is 2.59. The first-order valence-corrected chi connectivity index (χ1v) is 5.96. The SMILES string of the molecule is C#CCN(C)Cc1cc(CNC(C)C)c(C)o1. The number of nitrogens with one attached hydrogen (secondary N) is 1. The highest BCUT2D eigenvalue weighted by atomic mass is 16.3. The second-order valence-electron chi connectivity index (χ2n) is 4.71. The zero-order valence-corrected chi connectivity index (χ0v) is 11.2. The van der Waals surface area contributed by atoms with E-state index in [-0.39, 0.29) is 0 Å². The third-order valence-corrected chi connectivity index (χ3v) is 2.56. The van der Waals surface area contributed by atoms with Gasteiger partial charge in [0.1, 0.15) is 11.5 Å². The molecule has 94 valence electrons. The lowest BCUT2D eigenvalue weighted by Crippen LogP contribution is -2.21. The maximum atomic E-state index is 5.71. The quantitative estimate of drug-likeness (QED) is 0.765. The van der Waals surface area contributed by atoms with Crippen molar-refractivity contribution in [3.8, 4) is 12.3 Å². The summed E-state index contributed by atoms with van der Waals surface area (Å²) < 4.78 is 5.71. The lowest BCUT2D eigenvalue weighted by atomic mass is 10.2. The second kappa shape index (κ2) is 6.48. The third-order valence-electron chi connectivity index (χ3n) is 2.56. The van der Waals surface area contributed by atoms with Crippen molar-refractivity contribution in [2.45, 2.75) is 39.9 Å². The zero-order valence-electron chi connectivity index (χ0n) is 11.2. The summed E-state index contributed by atoms with van der Waals surface area (Å²) in [6.07, 6.45) is 5.27. The Balaban J connectivity index is 2.58. The van der Waals surface area contributed by atoms with Gasteiger partial charge in [0.2, 0.25) is 0 Å². The van der Waals surface area contributed by atoms with Gasteiger partial charge in [-0.1, -0.05) is 19.8 Å². The molecule has 1 rings (SSSR count). The van der Waals surface area contributed by atoms with Gasteiger partial charge in [-0.3, -0.25) is 4.90 Å². The highest BCUT2D eigenvalue weighted by molar-refractivity contribution is 5.20. The minimum absolute atomic E-state index is 0.483. The molecule has 0 radical (unpaired) electrons. The van der Waals surface area contributed by atoms with Crippen LogP contribution in [0.4, 0.5) is 0 Å². The van der Waals surface area contributed by atoms with E-state index in [0.717, 1.165) is 24.6 Å². The molecule has 1 heterocycles. The summed E-state index contributed by atoms with van der Waals surface area (Å²) in [5.41, 5.74) is 1.22. The summed E-state index contributed by atoms with van der Waals surface area (Å²) in [7, 11) is 1.99. The smallest absolute Gasteiger partial charge is 0.118 e. The number of furan rings is 1. The van der Waals surface area contributed by atoms with Gasteiger partial charge in [0.25, 0.3) is 0 Å². The van der Waals surface area contributed by atoms with Crippen LogP contribution in [-0.2, 0) is 13.1 Å². The minimum Gasteiger partial charge on any atom is -0.465 e. The Morgan fingerprint density at radius 2 is 2.24 bits per heavy atom. The number of rotatable bonds is 6. The van der Waals surface area contributed by atoms with Crippen LogP contribution in [0, 0.1) is 19.3 Å². The fourth-order valence-corrected chi connectivity index (χ4v) is 1.63. The van der Waals surface area contributed by atoms with Crippen molar-refractivity contribution in [1.29, 1.82) is 0 Å². The van der Waals surface area contributed by atoms with Crippen LogP contribution in [0.1, 0.15) is 30.9 Å². The first-order valence-electron chi connectivity index (χ1n) is 5.96. The van der Waals surface area contributed by atoms with Gasteiger partial charge < -0.3 is 9.73 Å². The van der Waals surface area contributed by atoms with E-state index in [1.807, 2.05) is 14.0 Å². The number of aryl methyl sites for hydroxylation is 1. The molecule has 17 heavy (non-hydrogen) atoms. The molecule has 0 fully saturated rings. The molecule has 0 unspecified atom stereocenters. The van der Waals surface area contributed by atoms with Crippen LogP contribution >= 0.6 is 0 Å². The fraction of sp³-hybridized carbons (Fsp3) is 0.571. The number of terminal acetylenes is 1. The van der Waals surface area contributed by atoms with Gasteiger partial charge in [0.15, 0.2) is 0 Å². The first-order chi connectivity index (χ1) is 8.02. The number of nitrogens with zero attached hydrogens (tertiary/aromatic N) is 1. The van der Waals surface area contributed by atoms with Gasteiger partial charge >= 0.3 is 0 Å². The average Bonchev–Trinajstić information content (AvgIpc) is 2.56. The molecule has 1 N–H and O–H groups in total. The molecule has 0 aliphatic rings. The summed E-state index contributed by atoms with van der Waals surface area (Å²) in [5.74, 6) is 4.58. The molecule has 0 amide bonds. The molecule has 1 aromatic heterocycles. The Bertz CT molecular complexity index is 387. The van der Waals surface area contributed by atoms with Gasteiger partial charge in [-0.15, -0.1) is 6.42 Å². The monoisotopic (exact) mass is 234 g/mol. The van der Waals surface area contributed by atoms with Crippen LogP contribution in [-0.4, -0.2) is 24.5 Å². The van der Waals surface area contributed by atoms with Gasteiger partial charge in [0, 0.05) is 18.2 Å². The summed E-state index contributed by atoms with van der Waals surface area (Å²) in [5, 5.41) is 3.39. The van der Waals surface area contributed by atoms with Gasteiger partial charge in [-0.2, -0.15) is 0 Å². The molecule has 0 aromatic carbocycles. The predicted molar refractivity (Wildman–Crippen MR) is 70.6 cm³/mol. The molecule has 0 aliphatic carbocycles. The highest BCUT2D eigenvalue weighted by Gasteiger charge is 2.09. The van der Waals surface area contributed by atoms with Crippen LogP contribution in [0.15, 0.2) is 10.5 Å². The van der Waals surface area contributed by atoms with E-state index in [4.69, 9.17) is 10.8 Å². The van der Waals surface area contributed by atoms with Crippen LogP contribution < -0.4 is 5.32 Å². The van der Waals surface area contributed by atoms with E-state index in [1.54, 1.807) is 0 Å². The zero-order chi connectivity index (χ0) is 12.8. The highest BCUT2D eigenvalue weighted by Crippen LogP contribution is 2.15. The Labute approximate surface area is 104 Å². The van der Waals surface area contributed by atoms with Gasteiger partial charge in [-0.05, 0) is 20.0 Å². The minimum atomic E-state index is 0.483. The van der Waals surface area contributed by atoms with E-state index in [0.29, 0.717) is 12.6 Å². The number of hydrogen-bond donors (Lipinski definition) is 1. The fourth-order valence-electron chi connectivity index (χ4n) is 1.63. The maximum Gasteiger partial charge on any atom is 0.118 e. The van der Waals surface area contributed by atoms with E-state index < -0.39 is 0 Å². The normalized spacial score (nSPS) is 11.1. The standard InChI is InChI=1S/C14H22N2O/c1-6-7-16(5)10-14-8-13(12(4)17-14)9-15-11(2)3/h1,8,11,15H,7,9-10H2,2-5H3. The molecular weight excluding hydrogens is 212 g/mol. The lowest BCUT2D eigenvalue weighted by molar-refractivity contribution is 0.322. The number of hydrogen-bond acceptors (Lipinski definition) is 3. The van der Waals surface area contributed by atoms with E-state index in [2.05, 4.69) is 36.1 Å². The molecule has 0 spiro atoms. The Morgan fingerprint density at radius 3 is 2.82 bits per heavy atom. The average molecular weight is 234 g/mol. The first kappa shape index (κ1) is 13.8. The second-order valence-corrected chi connectivity index (χ2v) is 4.71. The maximum absolute atomic E-state index is 5.71. The molecule has 0 atom stereocenters. The topological polar surface area (TPSA) is 28.4 Å². The van der Waals surface area contributed by atoms with E-state index in [9.17, 15) is 0 Å². The van der Waals surface area contributed by atoms with Crippen molar-refractivity contribution in [2.24, 2.45) is 0 Å². The summed E-state index contributed by atoms with van der Waals surface area (Å²) in [6.45, 7) is 8.52. The van der Waals surface area contributed by atoms with Crippen LogP contribution in [0.25, 0.3) is 0 Å². The van der Waals surface area contributed by atoms with Crippen molar-refractivity contribution in [1.82, 2.24) is 10.2 Å². The molecule has 3 heteroatoms. The summed E-state index contributed by atoms with van der Waals surface area (Å²) in [4.78, 5) is 2.05. The lowest BCUT2D eigenvalue weighted by Gasteiger charge is -2.10. The van der Waals surface area contributed by atoms with Gasteiger partial charge in [0.05, 0.1) is 13.1 Å². The largest absolute Gasteiger partial charge is 0.465 e. The van der Waals surface area contributed by atoms with Crippen molar-refractivity contribution in [3.63, 3.8) is 0 Å². The Kier molecular flexibility index (Phi) is 5.27. The van der Waals surface area contributed by atoms with Crippen LogP contribution in [0.2, 0.25) is 0 Å². The molecule has 0 bridgehead atoms. The van der Waals surface area contributed by atoms with E-state index in [1.165, 1.54) is 5.56 Å². The molecule has 0 saturated heterocycles.